The Balaban J connectivity index is 2.82. The van der Waals surface area contributed by atoms with E-state index >= 15 is 0 Å². The van der Waals surface area contributed by atoms with Crippen LogP contribution in [0.25, 0.3) is 0 Å². The molecule has 0 saturated heterocycles. The molecule has 1 saturated carbocycles. The Labute approximate surface area is 127 Å². The first kappa shape index (κ1) is 18.0. The lowest BCUT2D eigenvalue weighted by Gasteiger charge is -2.28. The smallest absolute Gasteiger partial charge is 0.311 e. The van der Waals surface area contributed by atoms with Gasteiger partial charge in [0, 0.05) is 12.3 Å². The molecule has 0 radical (unpaired) electrons. The van der Waals surface area contributed by atoms with Crippen LogP contribution in [-0.4, -0.2) is 35.4 Å². The molecule has 1 aliphatic carbocycles. The van der Waals surface area contributed by atoms with Crippen molar-refractivity contribution in [3.05, 3.63) is 0 Å². The molecule has 1 fully saturated rings. The SMILES string of the molecule is C[C@@H]1[C@@H](OC(=O)C(C)(C)C)[C@H](OC(=O)C(C)(C)C)C[C@H]1O. The fourth-order valence-electron chi connectivity index (χ4n) is 2.06. The Kier molecular flexibility index (Phi) is 5.09. The van der Waals surface area contributed by atoms with Crippen LogP contribution in [0.3, 0.4) is 0 Å². The number of rotatable bonds is 2. The summed E-state index contributed by atoms with van der Waals surface area (Å²) in [5.74, 6) is -0.968. The summed E-state index contributed by atoms with van der Waals surface area (Å²) >= 11 is 0. The number of carbonyl (C=O) groups excluding carboxylic acids is 2. The molecule has 122 valence electrons. The number of hydrogen-bond acceptors (Lipinski definition) is 5. The lowest BCUT2D eigenvalue weighted by molar-refractivity contribution is -0.177. The normalized spacial score (nSPS) is 30.1. The molecular formula is C16H28O5. The number of esters is 2. The number of aliphatic hydroxyl groups excluding tert-OH is 1. The van der Waals surface area contributed by atoms with Crippen LogP contribution < -0.4 is 0 Å². The van der Waals surface area contributed by atoms with Crippen LogP contribution in [0, 0.1) is 16.7 Å². The molecule has 0 aromatic heterocycles. The Bertz CT molecular complexity index is 402. The van der Waals surface area contributed by atoms with Gasteiger partial charge in [0.05, 0.1) is 16.9 Å². The molecule has 0 aromatic carbocycles. The van der Waals surface area contributed by atoms with Gasteiger partial charge in [0.15, 0.2) is 0 Å². The number of hydrogen-bond donors (Lipinski definition) is 1. The van der Waals surface area contributed by atoms with Crippen molar-refractivity contribution < 1.29 is 24.2 Å². The van der Waals surface area contributed by atoms with Gasteiger partial charge in [-0.3, -0.25) is 9.59 Å². The highest BCUT2D eigenvalue weighted by Crippen LogP contribution is 2.34. The van der Waals surface area contributed by atoms with Gasteiger partial charge in [0.1, 0.15) is 12.2 Å². The number of ether oxygens (including phenoxy) is 2. The molecule has 0 heterocycles. The monoisotopic (exact) mass is 300 g/mol. The molecule has 1 N–H and O–H groups in total. The van der Waals surface area contributed by atoms with Gasteiger partial charge in [-0.15, -0.1) is 0 Å². The van der Waals surface area contributed by atoms with Crippen molar-refractivity contribution in [2.24, 2.45) is 16.7 Å². The predicted octanol–water partition coefficient (Wildman–Crippen LogP) is 2.30. The predicted molar refractivity (Wildman–Crippen MR) is 78.5 cm³/mol. The van der Waals surface area contributed by atoms with Crippen molar-refractivity contribution in [2.45, 2.75) is 73.2 Å². The maximum Gasteiger partial charge on any atom is 0.311 e. The lowest BCUT2D eigenvalue weighted by Crippen LogP contribution is -2.39. The molecule has 0 aliphatic heterocycles. The second kappa shape index (κ2) is 5.95. The first-order chi connectivity index (χ1) is 9.34. The fourth-order valence-corrected chi connectivity index (χ4v) is 2.06. The zero-order valence-corrected chi connectivity index (χ0v) is 14.1. The summed E-state index contributed by atoms with van der Waals surface area (Å²) in [6.45, 7) is 12.4. The van der Waals surface area contributed by atoms with Crippen molar-refractivity contribution in [3.63, 3.8) is 0 Å². The van der Waals surface area contributed by atoms with Crippen LogP contribution in [0.4, 0.5) is 0 Å². The van der Waals surface area contributed by atoms with Gasteiger partial charge in [-0.25, -0.2) is 0 Å². The summed E-state index contributed by atoms with van der Waals surface area (Å²) in [6, 6.07) is 0. The third kappa shape index (κ3) is 4.43. The van der Waals surface area contributed by atoms with E-state index in [2.05, 4.69) is 0 Å². The molecule has 0 amide bonds. The Morgan fingerprint density at radius 2 is 1.38 bits per heavy atom. The molecule has 1 rings (SSSR count). The third-order valence-corrected chi connectivity index (χ3v) is 3.69. The zero-order valence-electron chi connectivity index (χ0n) is 14.1. The first-order valence-electron chi connectivity index (χ1n) is 7.44. The van der Waals surface area contributed by atoms with Crippen LogP contribution in [0.15, 0.2) is 0 Å². The Hall–Kier alpha value is -1.10. The quantitative estimate of drug-likeness (QED) is 0.792. The minimum atomic E-state index is -0.638. The average molecular weight is 300 g/mol. The summed E-state index contributed by atoms with van der Waals surface area (Å²) in [4.78, 5) is 24.1. The highest BCUT2D eigenvalue weighted by atomic mass is 16.6. The van der Waals surface area contributed by atoms with Crippen LogP contribution in [0.1, 0.15) is 54.9 Å². The van der Waals surface area contributed by atoms with Gasteiger partial charge in [-0.05, 0) is 41.5 Å². The summed E-state index contributed by atoms with van der Waals surface area (Å²) in [6.07, 6.45) is -1.53. The van der Waals surface area contributed by atoms with E-state index in [0.717, 1.165) is 0 Å². The summed E-state index contributed by atoms with van der Waals surface area (Å²) in [7, 11) is 0. The van der Waals surface area contributed by atoms with E-state index in [1.165, 1.54) is 0 Å². The van der Waals surface area contributed by atoms with Crippen molar-refractivity contribution in [3.8, 4) is 0 Å². The average Bonchev–Trinajstić information content (AvgIpc) is 2.54. The van der Waals surface area contributed by atoms with E-state index in [9.17, 15) is 14.7 Å². The van der Waals surface area contributed by atoms with Gasteiger partial charge < -0.3 is 14.6 Å². The first-order valence-corrected chi connectivity index (χ1v) is 7.44. The molecule has 4 atom stereocenters. The summed E-state index contributed by atoms with van der Waals surface area (Å²) in [5, 5.41) is 9.99. The minimum Gasteiger partial charge on any atom is -0.458 e. The topological polar surface area (TPSA) is 72.8 Å². The molecule has 0 spiro atoms. The van der Waals surface area contributed by atoms with Crippen LogP contribution in [-0.2, 0) is 19.1 Å². The molecule has 21 heavy (non-hydrogen) atoms. The fraction of sp³-hybridized carbons (Fsp3) is 0.875. The van der Waals surface area contributed by atoms with Gasteiger partial charge in [0.25, 0.3) is 0 Å². The third-order valence-electron chi connectivity index (χ3n) is 3.69. The molecule has 0 bridgehead atoms. The molecule has 1 aliphatic rings. The van der Waals surface area contributed by atoms with Gasteiger partial charge in [-0.2, -0.15) is 0 Å². The second-order valence-corrected chi connectivity index (χ2v) is 7.98. The summed E-state index contributed by atoms with van der Waals surface area (Å²) < 4.78 is 11.0. The minimum absolute atomic E-state index is 0.255. The summed E-state index contributed by atoms with van der Waals surface area (Å²) in [5.41, 5.74) is -1.26. The van der Waals surface area contributed by atoms with Crippen LogP contribution in [0.5, 0.6) is 0 Å². The van der Waals surface area contributed by atoms with Gasteiger partial charge in [0.2, 0.25) is 0 Å². The molecule has 5 heteroatoms. The van der Waals surface area contributed by atoms with Crippen molar-refractivity contribution in [1.29, 1.82) is 0 Å². The Morgan fingerprint density at radius 3 is 1.81 bits per heavy atom. The standard InChI is InChI=1S/C16H28O5/c1-9-10(17)8-11(20-13(18)15(2,3)4)12(9)21-14(19)16(5,6)7/h9-12,17H,8H2,1-7H3/t9-,10+,11+,12+/m0/s1. The maximum atomic E-state index is 12.1. The molecule has 0 aromatic rings. The van der Waals surface area contributed by atoms with E-state index < -0.39 is 29.1 Å². The highest BCUT2D eigenvalue weighted by Gasteiger charge is 2.46. The van der Waals surface area contributed by atoms with Crippen LogP contribution >= 0.6 is 0 Å². The lowest BCUT2D eigenvalue weighted by atomic mass is 9.96. The van der Waals surface area contributed by atoms with E-state index in [4.69, 9.17) is 9.47 Å². The Morgan fingerprint density at radius 1 is 0.952 bits per heavy atom. The van der Waals surface area contributed by atoms with Crippen LogP contribution in [0.2, 0.25) is 0 Å². The number of aliphatic hydroxyl groups is 1. The second-order valence-electron chi connectivity index (χ2n) is 7.98. The maximum absolute atomic E-state index is 12.1. The van der Waals surface area contributed by atoms with Gasteiger partial charge >= 0.3 is 11.9 Å². The molecule has 5 nitrogen and oxygen atoms in total. The van der Waals surface area contributed by atoms with E-state index in [1.807, 2.05) is 0 Å². The highest BCUT2D eigenvalue weighted by molar-refractivity contribution is 5.76. The largest absolute Gasteiger partial charge is 0.458 e. The van der Waals surface area contributed by atoms with Crippen molar-refractivity contribution in [1.82, 2.24) is 0 Å². The van der Waals surface area contributed by atoms with Crippen molar-refractivity contribution >= 4 is 11.9 Å². The van der Waals surface area contributed by atoms with Crippen molar-refractivity contribution in [2.75, 3.05) is 0 Å². The van der Waals surface area contributed by atoms with E-state index in [0.29, 0.717) is 6.42 Å². The molecule has 0 unspecified atom stereocenters. The number of carbonyl (C=O) groups is 2. The molecular weight excluding hydrogens is 272 g/mol. The zero-order chi connectivity index (χ0) is 16.6. The van der Waals surface area contributed by atoms with E-state index in [-0.39, 0.29) is 17.9 Å². The van der Waals surface area contributed by atoms with E-state index in [1.54, 1.807) is 48.5 Å². The van der Waals surface area contributed by atoms with Gasteiger partial charge in [-0.1, -0.05) is 6.92 Å².